The fraction of sp³-hybridized carbons (Fsp3) is 0.0476. The predicted molar refractivity (Wildman–Crippen MR) is 110 cm³/mol. The number of hydrogen-bond acceptors (Lipinski definition) is 3. The molecule has 0 aliphatic carbocycles. The van der Waals surface area contributed by atoms with Crippen LogP contribution in [0.25, 0.3) is 5.53 Å². The highest BCUT2D eigenvalue weighted by Gasteiger charge is 2.37. The Morgan fingerprint density at radius 3 is 2.03 bits per heavy atom. The van der Waals surface area contributed by atoms with Gasteiger partial charge in [0.05, 0.1) is 9.92 Å². The van der Waals surface area contributed by atoms with Crippen LogP contribution in [0.1, 0.15) is 22.0 Å². The van der Waals surface area contributed by atoms with Gasteiger partial charge in [-0.15, -0.1) is 0 Å². The van der Waals surface area contributed by atoms with Crippen LogP contribution in [0.5, 0.6) is 0 Å². The number of benzene rings is 3. The standard InChI is InChI=1S/C21H16ClN3O3S/c22-18-14-8-7-13-17(18)21(26)20(24-23)19(15-9-3-1-4-10-15)25-29(27,28)16-11-5-2-6-12-16/h1-14,19,25H. The molecule has 3 rings (SSSR count). The number of carbonyl (C=O) groups is 1. The maximum absolute atomic E-state index is 13.0. The highest BCUT2D eigenvalue weighted by Crippen LogP contribution is 2.23. The summed E-state index contributed by atoms with van der Waals surface area (Å²) < 4.78 is 28.2. The molecule has 0 fully saturated rings. The van der Waals surface area contributed by atoms with Crippen molar-refractivity contribution in [3.63, 3.8) is 0 Å². The van der Waals surface area contributed by atoms with E-state index in [9.17, 15) is 18.7 Å². The van der Waals surface area contributed by atoms with Crippen LogP contribution in [-0.2, 0) is 10.0 Å². The summed E-state index contributed by atoms with van der Waals surface area (Å²) >= 11 is 6.10. The second kappa shape index (κ2) is 8.94. The number of sulfonamides is 1. The molecule has 1 atom stereocenters. The monoisotopic (exact) mass is 425 g/mol. The molecule has 0 radical (unpaired) electrons. The van der Waals surface area contributed by atoms with Crippen LogP contribution in [0.2, 0.25) is 5.02 Å². The lowest BCUT2D eigenvalue weighted by Gasteiger charge is -2.16. The molecular formula is C21H16ClN3O3S. The van der Waals surface area contributed by atoms with Gasteiger partial charge in [-0.3, -0.25) is 4.79 Å². The molecule has 1 N–H and O–H groups in total. The van der Waals surface area contributed by atoms with E-state index in [4.69, 9.17) is 11.6 Å². The van der Waals surface area contributed by atoms with Gasteiger partial charge in [0.2, 0.25) is 10.0 Å². The van der Waals surface area contributed by atoms with Crippen LogP contribution in [0.15, 0.2) is 89.8 Å². The lowest BCUT2D eigenvalue weighted by atomic mass is 9.96. The molecule has 0 saturated heterocycles. The van der Waals surface area contributed by atoms with Gasteiger partial charge in [-0.05, 0) is 29.8 Å². The third-order valence-electron chi connectivity index (χ3n) is 4.19. The van der Waals surface area contributed by atoms with E-state index in [1.165, 1.54) is 24.3 Å². The van der Waals surface area contributed by atoms with Crippen LogP contribution in [0.3, 0.4) is 0 Å². The first-order valence-electron chi connectivity index (χ1n) is 8.57. The molecule has 6 nitrogen and oxygen atoms in total. The van der Waals surface area contributed by atoms with Crippen LogP contribution in [0, 0.1) is 0 Å². The average molecular weight is 426 g/mol. The lowest BCUT2D eigenvalue weighted by Crippen LogP contribution is -2.38. The van der Waals surface area contributed by atoms with E-state index in [-0.39, 0.29) is 15.5 Å². The van der Waals surface area contributed by atoms with E-state index in [0.717, 1.165) is 0 Å². The topological polar surface area (TPSA) is 99.6 Å². The van der Waals surface area contributed by atoms with Crippen molar-refractivity contribution in [1.29, 1.82) is 0 Å². The molecule has 8 heteroatoms. The summed E-state index contributed by atoms with van der Waals surface area (Å²) in [6.45, 7) is 0. The van der Waals surface area contributed by atoms with Gasteiger partial charge in [-0.2, -0.15) is 9.51 Å². The minimum absolute atomic E-state index is 0.0170. The number of nitrogens with one attached hydrogen (secondary N) is 1. The number of halogens is 1. The Kier molecular flexibility index (Phi) is 6.36. The predicted octanol–water partition coefficient (Wildman–Crippen LogP) is 3.91. The molecule has 146 valence electrons. The number of hydrogen-bond donors (Lipinski definition) is 1. The second-order valence-corrected chi connectivity index (χ2v) is 8.19. The van der Waals surface area contributed by atoms with Gasteiger partial charge in [0, 0.05) is 5.56 Å². The van der Waals surface area contributed by atoms with Crippen molar-refractivity contribution < 1.29 is 18.0 Å². The maximum atomic E-state index is 13.0. The summed E-state index contributed by atoms with van der Waals surface area (Å²) in [6.07, 6.45) is 0. The molecule has 29 heavy (non-hydrogen) atoms. The van der Waals surface area contributed by atoms with E-state index in [1.54, 1.807) is 60.7 Å². The van der Waals surface area contributed by atoms with Gasteiger partial charge >= 0.3 is 5.71 Å². The maximum Gasteiger partial charge on any atom is 0.361 e. The smallest absolute Gasteiger partial charge is 0.361 e. The average Bonchev–Trinajstić information content (AvgIpc) is 2.75. The third-order valence-corrected chi connectivity index (χ3v) is 5.96. The fourth-order valence-corrected chi connectivity index (χ4v) is 4.20. The third kappa shape index (κ3) is 4.67. The molecule has 0 amide bonds. The van der Waals surface area contributed by atoms with Crippen molar-refractivity contribution in [2.24, 2.45) is 0 Å². The van der Waals surface area contributed by atoms with Gasteiger partial charge in [-0.25, -0.2) is 8.42 Å². The highest BCUT2D eigenvalue weighted by molar-refractivity contribution is 7.89. The van der Waals surface area contributed by atoms with Crippen molar-refractivity contribution in [3.05, 3.63) is 107 Å². The largest absolute Gasteiger partial charge is 0.361 e. The first-order chi connectivity index (χ1) is 13.9. The molecule has 0 heterocycles. The second-order valence-electron chi connectivity index (χ2n) is 6.07. The van der Waals surface area contributed by atoms with Gasteiger partial charge in [0.15, 0.2) is 6.04 Å². The highest BCUT2D eigenvalue weighted by atomic mass is 35.5. The minimum atomic E-state index is -4.02. The number of ketones is 1. The molecular weight excluding hydrogens is 410 g/mol. The van der Waals surface area contributed by atoms with Crippen molar-refractivity contribution in [3.8, 4) is 0 Å². The Morgan fingerprint density at radius 2 is 1.45 bits per heavy atom. The van der Waals surface area contributed by atoms with Crippen molar-refractivity contribution in [2.45, 2.75) is 10.9 Å². The fourth-order valence-electron chi connectivity index (χ4n) is 2.77. The van der Waals surface area contributed by atoms with Crippen molar-refractivity contribution in [2.75, 3.05) is 0 Å². The summed E-state index contributed by atoms with van der Waals surface area (Å²) in [5.74, 6) is -0.692. The number of nitrogens with zero attached hydrogens (tertiary/aromatic N) is 2. The summed E-state index contributed by atoms with van der Waals surface area (Å²) in [4.78, 5) is 16.2. The molecule has 3 aromatic carbocycles. The molecule has 0 bridgehead atoms. The molecule has 3 aromatic rings. The van der Waals surface area contributed by atoms with Crippen LogP contribution < -0.4 is 4.72 Å². The van der Waals surface area contributed by atoms with Crippen LogP contribution >= 0.6 is 11.6 Å². The van der Waals surface area contributed by atoms with E-state index >= 15 is 0 Å². The zero-order chi connectivity index (χ0) is 20.9. The first kappa shape index (κ1) is 20.6. The van der Waals surface area contributed by atoms with Gasteiger partial charge < -0.3 is 5.53 Å². The summed E-state index contributed by atoms with van der Waals surface area (Å²) in [7, 11) is -4.02. The molecule has 1 unspecified atom stereocenters. The normalized spacial score (nSPS) is 12.0. The Hall–Kier alpha value is -3.09. The molecule has 0 saturated carbocycles. The Bertz CT molecular complexity index is 1180. The Balaban J connectivity index is 2.07. The van der Waals surface area contributed by atoms with Gasteiger partial charge in [-0.1, -0.05) is 72.3 Å². The molecule has 0 aliphatic rings. The summed E-state index contributed by atoms with van der Waals surface area (Å²) in [5.41, 5.74) is 9.77. The van der Waals surface area contributed by atoms with Crippen LogP contribution in [0.4, 0.5) is 0 Å². The molecule has 0 aliphatic heterocycles. The van der Waals surface area contributed by atoms with E-state index in [1.807, 2.05) is 0 Å². The minimum Gasteiger partial charge on any atom is -0.361 e. The summed E-state index contributed by atoms with van der Waals surface area (Å²) in [6, 6.07) is 21.1. The quantitative estimate of drug-likeness (QED) is 0.269. The zero-order valence-corrected chi connectivity index (χ0v) is 16.6. The first-order valence-corrected chi connectivity index (χ1v) is 10.4. The van der Waals surface area contributed by atoms with E-state index < -0.39 is 27.6 Å². The van der Waals surface area contributed by atoms with Crippen molar-refractivity contribution in [1.82, 2.24) is 4.72 Å². The number of carbonyl (C=O) groups excluding carboxylic acids is 1. The Labute approximate surface area is 173 Å². The van der Waals surface area contributed by atoms with E-state index in [0.29, 0.717) is 5.56 Å². The molecule has 0 aromatic heterocycles. The summed E-state index contributed by atoms with van der Waals surface area (Å²) in [5, 5.41) is 0.163. The van der Waals surface area contributed by atoms with Gasteiger partial charge in [0.25, 0.3) is 5.78 Å². The zero-order valence-electron chi connectivity index (χ0n) is 15.1. The molecule has 0 spiro atoms. The number of rotatable bonds is 7. The van der Waals surface area contributed by atoms with Crippen LogP contribution in [-0.4, -0.2) is 24.7 Å². The van der Waals surface area contributed by atoms with Gasteiger partial charge in [0.1, 0.15) is 0 Å². The Morgan fingerprint density at radius 1 is 0.897 bits per heavy atom. The number of Topliss-reactive ketones (excluding diaryl/α,β-unsaturated/α-hetero) is 1. The van der Waals surface area contributed by atoms with E-state index in [2.05, 4.69) is 9.51 Å². The van der Waals surface area contributed by atoms with Crippen molar-refractivity contribution >= 4 is 33.1 Å². The SMILES string of the molecule is [N-]=[N+]=C(C(=O)c1ccccc1Cl)C(NS(=O)(=O)c1ccccc1)c1ccccc1. The lowest BCUT2D eigenvalue weighted by molar-refractivity contribution is -0.0111.